The zero-order valence-corrected chi connectivity index (χ0v) is 9.08. The van der Waals surface area contributed by atoms with E-state index in [1.807, 2.05) is 0 Å². The van der Waals surface area contributed by atoms with Gasteiger partial charge in [-0.25, -0.2) is 0 Å². The first kappa shape index (κ1) is 10.4. The normalized spacial score (nSPS) is 48.6. The molecule has 0 heterocycles. The van der Waals surface area contributed by atoms with E-state index in [1.54, 1.807) is 6.92 Å². The molecule has 0 amide bonds. The molecule has 82 valence electrons. The van der Waals surface area contributed by atoms with Gasteiger partial charge in [-0.15, -0.1) is 0 Å². The highest BCUT2D eigenvalue weighted by molar-refractivity contribution is 5.01. The predicted molar refractivity (Wildman–Crippen MR) is 55.9 cm³/mol. The minimum Gasteiger partial charge on any atom is -0.397 e. The van der Waals surface area contributed by atoms with Crippen LogP contribution in [0.3, 0.4) is 0 Å². The maximum atomic E-state index is 10.1. The number of aliphatic hydroxyl groups excluding tert-OH is 1. The van der Waals surface area contributed by atoms with Crippen LogP contribution in [0.15, 0.2) is 0 Å². The van der Waals surface area contributed by atoms with Crippen molar-refractivity contribution >= 4 is 0 Å². The summed E-state index contributed by atoms with van der Waals surface area (Å²) in [7, 11) is 0. The summed E-state index contributed by atoms with van der Waals surface area (Å²) in [6.45, 7) is 1.93. The molecule has 4 aliphatic carbocycles. The van der Waals surface area contributed by atoms with Crippen LogP contribution in [-0.2, 0) is 0 Å². The van der Waals surface area contributed by atoms with E-state index in [9.17, 15) is 5.11 Å². The summed E-state index contributed by atoms with van der Waals surface area (Å²) >= 11 is 0. The monoisotopic (exact) mass is 198 g/mol. The average molecular weight is 198 g/mol. The summed E-state index contributed by atoms with van der Waals surface area (Å²) in [5.74, 6) is 2.68. The molecular formula is C12H22O2. The lowest BCUT2D eigenvalue weighted by Gasteiger charge is -2.54. The topological polar surface area (TPSA) is 40.5 Å². The molecule has 0 aromatic heterocycles. The highest BCUT2D eigenvalue weighted by Crippen LogP contribution is 2.55. The molecule has 0 unspecified atom stereocenters. The van der Waals surface area contributed by atoms with Gasteiger partial charge in [-0.05, 0) is 63.2 Å². The molecule has 4 aliphatic rings. The van der Waals surface area contributed by atoms with Crippen molar-refractivity contribution in [2.24, 2.45) is 17.8 Å². The zero-order chi connectivity index (χ0) is 10.2. The summed E-state index contributed by atoms with van der Waals surface area (Å²) in [4.78, 5) is 0. The predicted octanol–water partition coefficient (Wildman–Crippen LogP) is 1.95. The van der Waals surface area contributed by atoms with Gasteiger partial charge in [0.25, 0.3) is 0 Å². The molecule has 0 spiro atoms. The first-order valence-corrected chi connectivity index (χ1v) is 5.98. The zero-order valence-electron chi connectivity index (χ0n) is 9.08. The van der Waals surface area contributed by atoms with Gasteiger partial charge in [0.2, 0.25) is 0 Å². The largest absolute Gasteiger partial charge is 0.397 e. The van der Waals surface area contributed by atoms with Crippen molar-refractivity contribution in [3.8, 4) is 0 Å². The van der Waals surface area contributed by atoms with E-state index in [2.05, 4.69) is 0 Å². The van der Waals surface area contributed by atoms with Gasteiger partial charge in [-0.1, -0.05) is 0 Å². The number of hydrogen-bond donors (Lipinski definition) is 2. The summed E-state index contributed by atoms with van der Waals surface area (Å²) in [5, 5.41) is 17.7. The maximum Gasteiger partial charge on any atom is 0.0655 e. The third kappa shape index (κ3) is 1.96. The SMILES string of the molecule is CCO.OC12CC3CC(CC(C3)C1)C2. The van der Waals surface area contributed by atoms with Crippen LogP contribution in [-0.4, -0.2) is 22.4 Å². The van der Waals surface area contributed by atoms with Gasteiger partial charge in [0.1, 0.15) is 0 Å². The van der Waals surface area contributed by atoms with E-state index < -0.39 is 0 Å². The minimum absolute atomic E-state index is 0.200. The highest BCUT2D eigenvalue weighted by Gasteiger charge is 2.49. The van der Waals surface area contributed by atoms with E-state index in [0.29, 0.717) is 0 Å². The van der Waals surface area contributed by atoms with Crippen LogP contribution in [0.2, 0.25) is 0 Å². The van der Waals surface area contributed by atoms with Gasteiger partial charge in [-0.2, -0.15) is 0 Å². The van der Waals surface area contributed by atoms with Gasteiger partial charge in [0.15, 0.2) is 0 Å². The molecule has 4 fully saturated rings. The van der Waals surface area contributed by atoms with Crippen molar-refractivity contribution in [3.05, 3.63) is 0 Å². The molecule has 4 bridgehead atoms. The molecule has 0 radical (unpaired) electrons. The van der Waals surface area contributed by atoms with Gasteiger partial charge in [0.05, 0.1) is 5.60 Å². The third-order valence-corrected chi connectivity index (χ3v) is 4.01. The molecule has 2 N–H and O–H groups in total. The molecule has 4 rings (SSSR count). The highest BCUT2D eigenvalue weighted by atomic mass is 16.3. The molecule has 0 aliphatic heterocycles. The first-order valence-electron chi connectivity index (χ1n) is 5.98. The number of rotatable bonds is 0. The quantitative estimate of drug-likeness (QED) is 0.624. The minimum atomic E-state index is -0.200. The summed E-state index contributed by atoms with van der Waals surface area (Å²) in [5.41, 5.74) is -0.200. The second kappa shape index (κ2) is 3.82. The van der Waals surface area contributed by atoms with Crippen LogP contribution < -0.4 is 0 Å². The van der Waals surface area contributed by atoms with Crippen LogP contribution in [0.1, 0.15) is 45.4 Å². The van der Waals surface area contributed by atoms with Crippen molar-refractivity contribution < 1.29 is 10.2 Å². The Bertz CT molecular complexity index is 165. The second-order valence-electron chi connectivity index (χ2n) is 5.46. The Morgan fingerprint density at radius 2 is 1.29 bits per heavy atom. The third-order valence-electron chi connectivity index (χ3n) is 4.01. The fraction of sp³-hybridized carbons (Fsp3) is 1.00. The van der Waals surface area contributed by atoms with Crippen LogP contribution in [0.5, 0.6) is 0 Å². The van der Waals surface area contributed by atoms with Gasteiger partial charge in [0, 0.05) is 6.61 Å². The Hall–Kier alpha value is -0.0800. The van der Waals surface area contributed by atoms with Crippen molar-refractivity contribution in [2.45, 2.75) is 51.0 Å². The van der Waals surface area contributed by atoms with E-state index in [-0.39, 0.29) is 12.2 Å². The molecule has 2 heteroatoms. The molecule has 0 atom stereocenters. The first-order chi connectivity index (χ1) is 6.65. The summed E-state index contributed by atoms with van der Waals surface area (Å²) in [6.07, 6.45) is 7.66. The van der Waals surface area contributed by atoms with Crippen molar-refractivity contribution in [3.63, 3.8) is 0 Å². The van der Waals surface area contributed by atoms with E-state index in [1.165, 1.54) is 19.3 Å². The Balaban J connectivity index is 0.000000226. The van der Waals surface area contributed by atoms with Crippen LogP contribution in [0.25, 0.3) is 0 Å². The average Bonchev–Trinajstić information content (AvgIpc) is 1.99. The molecule has 4 saturated carbocycles. The van der Waals surface area contributed by atoms with E-state index in [4.69, 9.17) is 5.11 Å². The Kier molecular flexibility index (Phi) is 2.85. The Morgan fingerprint density at radius 3 is 1.50 bits per heavy atom. The van der Waals surface area contributed by atoms with Gasteiger partial charge >= 0.3 is 0 Å². The van der Waals surface area contributed by atoms with Crippen molar-refractivity contribution in [2.75, 3.05) is 6.61 Å². The van der Waals surface area contributed by atoms with E-state index in [0.717, 1.165) is 37.0 Å². The molecule has 0 saturated heterocycles. The smallest absolute Gasteiger partial charge is 0.0655 e. The molecule has 0 aromatic rings. The van der Waals surface area contributed by atoms with Gasteiger partial charge in [-0.3, -0.25) is 0 Å². The number of hydrogen-bond acceptors (Lipinski definition) is 2. The number of aliphatic hydroxyl groups is 2. The lowest BCUT2D eigenvalue weighted by molar-refractivity contribution is -0.124. The van der Waals surface area contributed by atoms with Crippen LogP contribution in [0, 0.1) is 17.8 Å². The van der Waals surface area contributed by atoms with Crippen LogP contribution in [0.4, 0.5) is 0 Å². The Morgan fingerprint density at radius 1 is 1.00 bits per heavy atom. The Labute approximate surface area is 86.3 Å². The lowest BCUT2D eigenvalue weighted by Crippen LogP contribution is -2.50. The van der Waals surface area contributed by atoms with Crippen LogP contribution >= 0.6 is 0 Å². The summed E-state index contributed by atoms with van der Waals surface area (Å²) < 4.78 is 0. The summed E-state index contributed by atoms with van der Waals surface area (Å²) in [6, 6.07) is 0. The maximum absolute atomic E-state index is 10.1. The van der Waals surface area contributed by atoms with Gasteiger partial charge < -0.3 is 10.2 Å². The standard InChI is InChI=1S/C10H16O.C2H6O/c11-10-4-7-1-8(5-10)3-9(2-7)6-10;1-2-3/h7-9,11H,1-6H2;3H,2H2,1H3. The molecule has 14 heavy (non-hydrogen) atoms. The fourth-order valence-electron chi connectivity index (χ4n) is 4.06. The second-order valence-corrected chi connectivity index (χ2v) is 5.46. The van der Waals surface area contributed by atoms with Crippen molar-refractivity contribution in [1.29, 1.82) is 0 Å². The van der Waals surface area contributed by atoms with E-state index >= 15 is 0 Å². The molecule has 0 aromatic carbocycles. The molecule has 2 nitrogen and oxygen atoms in total. The lowest BCUT2D eigenvalue weighted by atomic mass is 9.54. The fourth-order valence-corrected chi connectivity index (χ4v) is 4.06. The van der Waals surface area contributed by atoms with Crippen molar-refractivity contribution in [1.82, 2.24) is 0 Å². The molecular weight excluding hydrogens is 176 g/mol.